The van der Waals surface area contributed by atoms with Crippen LogP contribution in [0.15, 0.2) is 0 Å². The third kappa shape index (κ3) is 3.58. The van der Waals surface area contributed by atoms with E-state index < -0.39 is 17.7 Å². The Kier molecular flexibility index (Phi) is 4.49. The van der Waals surface area contributed by atoms with Crippen molar-refractivity contribution in [2.75, 3.05) is 24.7 Å². The number of nitrogens with two attached hydrogens (primary N) is 1. The van der Waals surface area contributed by atoms with E-state index in [1.54, 1.807) is 16.7 Å². The Morgan fingerprint density at radius 1 is 1.35 bits per heavy atom. The van der Waals surface area contributed by atoms with Gasteiger partial charge in [0.1, 0.15) is 11.6 Å². The van der Waals surface area contributed by atoms with E-state index in [1.165, 1.54) is 4.90 Å². The van der Waals surface area contributed by atoms with Crippen LogP contribution in [0.4, 0.5) is 4.79 Å². The first kappa shape index (κ1) is 15.4. The predicted octanol–water partition coefficient (Wildman–Crippen LogP) is 0.856. The highest BCUT2D eigenvalue weighted by Gasteiger charge is 2.42. The number of rotatable bonds is 1. The molecule has 2 aliphatic rings. The molecular formula is C13H23N3O3S. The van der Waals surface area contributed by atoms with Gasteiger partial charge in [0.05, 0.1) is 5.88 Å². The van der Waals surface area contributed by atoms with E-state index in [1.807, 2.05) is 20.8 Å². The van der Waals surface area contributed by atoms with Gasteiger partial charge in [-0.1, -0.05) is 0 Å². The Morgan fingerprint density at radius 2 is 2.05 bits per heavy atom. The highest BCUT2D eigenvalue weighted by molar-refractivity contribution is 7.99. The Balaban J connectivity index is 2.06. The van der Waals surface area contributed by atoms with Crippen molar-refractivity contribution in [3.63, 3.8) is 0 Å². The molecule has 2 amide bonds. The molecule has 0 aliphatic carbocycles. The molecule has 0 unspecified atom stereocenters. The van der Waals surface area contributed by atoms with Crippen molar-refractivity contribution in [3.8, 4) is 0 Å². The number of amides is 2. The molecule has 0 spiro atoms. The van der Waals surface area contributed by atoms with Crippen LogP contribution in [0.3, 0.4) is 0 Å². The van der Waals surface area contributed by atoms with Gasteiger partial charge >= 0.3 is 6.09 Å². The highest BCUT2D eigenvalue weighted by Crippen LogP contribution is 2.24. The second-order valence-electron chi connectivity index (χ2n) is 6.28. The number of ether oxygens (including phenoxy) is 1. The van der Waals surface area contributed by atoms with E-state index in [0.717, 1.165) is 12.3 Å². The molecule has 6 nitrogen and oxygen atoms in total. The van der Waals surface area contributed by atoms with Crippen molar-refractivity contribution in [2.24, 2.45) is 5.73 Å². The molecule has 2 heterocycles. The van der Waals surface area contributed by atoms with E-state index >= 15 is 0 Å². The molecule has 7 heteroatoms. The van der Waals surface area contributed by atoms with E-state index in [4.69, 9.17) is 10.5 Å². The lowest BCUT2D eigenvalue weighted by atomic mass is 10.1. The molecule has 20 heavy (non-hydrogen) atoms. The smallest absolute Gasteiger partial charge is 0.411 e. The number of hydrogen-bond donors (Lipinski definition) is 1. The summed E-state index contributed by atoms with van der Waals surface area (Å²) in [5.74, 6) is 1.65. The standard InChI is InChI=1S/C13H23N3O3S/c1-13(2,3)19-12(18)16-7-9(14)6-10(16)11(17)15-4-5-20-8-15/h9-10H,4-8,14H2,1-3H3/t9-,10+/m1/s1. The minimum absolute atomic E-state index is 0.00573. The fourth-order valence-corrected chi connectivity index (χ4v) is 3.38. The number of hydrogen-bond acceptors (Lipinski definition) is 5. The summed E-state index contributed by atoms with van der Waals surface area (Å²) in [6, 6.07) is -0.634. The Hall–Kier alpha value is -0.950. The van der Waals surface area contributed by atoms with Crippen LogP contribution in [0, 0.1) is 0 Å². The fraction of sp³-hybridized carbons (Fsp3) is 0.846. The van der Waals surface area contributed by atoms with E-state index in [2.05, 4.69) is 0 Å². The molecule has 2 atom stereocenters. The maximum absolute atomic E-state index is 12.5. The molecular weight excluding hydrogens is 278 g/mol. The number of nitrogens with zero attached hydrogens (tertiary/aromatic N) is 2. The fourth-order valence-electron chi connectivity index (χ4n) is 2.42. The average Bonchev–Trinajstić information content (AvgIpc) is 2.94. The van der Waals surface area contributed by atoms with Crippen molar-refractivity contribution < 1.29 is 14.3 Å². The van der Waals surface area contributed by atoms with Crippen LogP contribution in [0.5, 0.6) is 0 Å². The zero-order valence-electron chi connectivity index (χ0n) is 12.3. The molecule has 0 radical (unpaired) electrons. The van der Waals surface area contributed by atoms with Gasteiger partial charge < -0.3 is 15.4 Å². The average molecular weight is 301 g/mol. The number of carbonyl (C=O) groups is 2. The summed E-state index contributed by atoms with van der Waals surface area (Å²) in [6.45, 7) is 6.57. The molecule has 0 aromatic carbocycles. The van der Waals surface area contributed by atoms with Gasteiger partial charge in [0.15, 0.2) is 0 Å². The summed E-state index contributed by atoms with van der Waals surface area (Å²) in [5.41, 5.74) is 5.36. The molecule has 0 bridgehead atoms. The first-order valence-corrected chi connectivity index (χ1v) is 8.05. The number of carbonyl (C=O) groups excluding carboxylic acids is 2. The van der Waals surface area contributed by atoms with Crippen LogP contribution in [0.2, 0.25) is 0 Å². The van der Waals surface area contributed by atoms with Crippen molar-refractivity contribution in [2.45, 2.75) is 44.9 Å². The third-order valence-corrected chi connectivity index (χ3v) is 4.28. The monoisotopic (exact) mass is 301 g/mol. The van der Waals surface area contributed by atoms with Crippen molar-refractivity contribution >= 4 is 23.8 Å². The van der Waals surface area contributed by atoms with Crippen LogP contribution < -0.4 is 5.73 Å². The lowest BCUT2D eigenvalue weighted by molar-refractivity contribution is -0.134. The SMILES string of the molecule is CC(C)(C)OC(=O)N1C[C@H](N)C[C@H]1C(=O)N1CCSC1. The van der Waals surface area contributed by atoms with Crippen LogP contribution in [-0.4, -0.2) is 64.2 Å². The Bertz CT molecular complexity index is 391. The number of likely N-dealkylation sites (tertiary alicyclic amines) is 1. The minimum Gasteiger partial charge on any atom is -0.444 e. The second-order valence-corrected chi connectivity index (χ2v) is 7.36. The Labute approximate surface area is 124 Å². The summed E-state index contributed by atoms with van der Waals surface area (Å²) in [4.78, 5) is 28.0. The Morgan fingerprint density at radius 3 is 2.60 bits per heavy atom. The molecule has 2 fully saturated rings. The van der Waals surface area contributed by atoms with Crippen molar-refractivity contribution in [3.05, 3.63) is 0 Å². The largest absolute Gasteiger partial charge is 0.444 e. The van der Waals surface area contributed by atoms with Gasteiger partial charge in [-0.05, 0) is 27.2 Å². The van der Waals surface area contributed by atoms with E-state index in [0.29, 0.717) is 18.8 Å². The molecule has 2 rings (SSSR count). The van der Waals surface area contributed by atoms with Crippen LogP contribution in [0.1, 0.15) is 27.2 Å². The molecule has 2 saturated heterocycles. The molecule has 0 aromatic rings. The van der Waals surface area contributed by atoms with Gasteiger partial charge in [0.25, 0.3) is 0 Å². The van der Waals surface area contributed by atoms with Crippen LogP contribution in [0.25, 0.3) is 0 Å². The normalized spacial score (nSPS) is 27.0. The zero-order chi connectivity index (χ0) is 14.9. The maximum atomic E-state index is 12.5. The minimum atomic E-state index is -0.569. The lowest BCUT2D eigenvalue weighted by Gasteiger charge is -2.29. The third-order valence-electron chi connectivity index (χ3n) is 3.31. The maximum Gasteiger partial charge on any atom is 0.411 e. The van der Waals surface area contributed by atoms with Crippen molar-refractivity contribution in [1.82, 2.24) is 9.80 Å². The molecule has 2 N–H and O–H groups in total. The van der Waals surface area contributed by atoms with E-state index in [-0.39, 0.29) is 11.9 Å². The summed E-state index contributed by atoms with van der Waals surface area (Å²) in [6.07, 6.45) is 0.0647. The zero-order valence-corrected chi connectivity index (χ0v) is 13.1. The van der Waals surface area contributed by atoms with Gasteiger partial charge in [-0.15, -0.1) is 11.8 Å². The summed E-state index contributed by atoms with van der Waals surface area (Å²) in [5, 5.41) is 0. The van der Waals surface area contributed by atoms with Gasteiger partial charge in [-0.25, -0.2) is 4.79 Å². The molecule has 0 aromatic heterocycles. The van der Waals surface area contributed by atoms with Crippen molar-refractivity contribution in [1.29, 1.82) is 0 Å². The summed E-state index contributed by atoms with van der Waals surface area (Å²) < 4.78 is 5.37. The highest BCUT2D eigenvalue weighted by atomic mass is 32.2. The first-order valence-electron chi connectivity index (χ1n) is 6.89. The van der Waals surface area contributed by atoms with Crippen LogP contribution >= 0.6 is 11.8 Å². The van der Waals surface area contributed by atoms with E-state index in [9.17, 15) is 9.59 Å². The second kappa shape index (κ2) is 5.81. The topological polar surface area (TPSA) is 75.9 Å². The van der Waals surface area contributed by atoms with Gasteiger partial charge in [-0.2, -0.15) is 0 Å². The number of thioether (sulfide) groups is 1. The van der Waals surface area contributed by atoms with Crippen LogP contribution in [-0.2, 0) is 9.53 Å². The van der Waals surface area contributed by atoms with Gasteiger partial charge in [0.2, 0.25) is 5.91 Å². The van der Waals surface area contributed by atoms with Gasteiger partial charge in [0, 0.05) is 24.9 Å². The molecule has 2 aliphatic heterocycles. The molecule has 0 saturated carbocycles. The predicted molar refractivity (Wildman–Crippen MR) is 78.4 cm³/mol. The molecule has 114 valence electrons. The quantitative estimate of drug-likeness (QED) is 0.777. The lowest BCUT2D eigenvalue weighted by Crippen LogP contribution is -2.48. The summed E-state index contributed by atoms with van der Waals surface area (Å²) in [7, 11) is 0. The first-order chi connectivity index (χ1) is 9.28. The van der Waals surface area contributed by atoms with Gasteiger partial charge in [-0.3, -0.25) is 9.69 Å². The summed E-state index contributed by atoms with van der Waals surface area (Å²) >= 11 is 1.73.